The highest BCUT2D eigenvalue weighted by Gasteiger charge is 2.20. The number of carbonyl (C=O) groups is 2. The first-order chi connectivity index (χ1) is 14.8. The predicted molar refractivity (Wildman–Crippen MR) is 117 cm³/mol. The third-order valence-electron chi connectivity index (χ3n) is 4.24. The van der Waals surface area contributed by atoms with Gasteiger partial charge in [-0.15, -0.1) is 20.4 Å². The molecule has 164 valence electrons. The Kier molecular flexibility index (Phi) is 7.33. The molecule has 12 heteroatoms. The molecule has 2 N–H and O–H groups in total. The van der Waals surface area contributed by atoms with Crippen LogP contribution in [0.5, 0.6) is 0 Å². The zero-order valence-electron chi connectivity index (χ0n) is 17.4. The molecular formula is C19H22FN7O2S2. The third kappa shape index (κ3) is 5.64. The lowest BCUT2D eigenvalue weighted by Crippen LogP contribution is -2.29. The molecule has 0 radical (unpaired) electrons. The van der Waals surface area contributed by atoms with Crippen LogP contribution in [0.2, 0.25) is 0 Å². The fourth-order valence-corrected chi connectivity index (χ4v) is 4.10. The van der Waals surface area contributed by atoms with Crippen LogP contribution in [0.4, 0.5) is 9.52 Å². The Labute approximate surface area is 186 Å². The van der Waals surface area contributed by atoms with Crippen molar-refractivity contribution in [1.29, 1.82) is 0 Å². The Morgan fingerprint density at radius 3 is 2.58 bits per heavy atom. The molecule has 3 aromatic rings. The van der Waals surface area contributed by atoms with Crippen LogP contribution >= 0.6 is 23.1 Å². The average Bonchev–Trinajstić information content (AvgIpc) is 3.33. The number of rotatable bonds is 8. The van der Waals surface area contributed by atoms with Crippen molar-refractivity contribution < 1.29 is 14.0 Å². The number of hydrogen-bond acceptors (Lipinski definition) is 8. The van der Waals surface area contributed by atoms with Crippen LogP contribution in [0.15, 0.2) is 29.4 Å². The highest BCUT2D eigenvalue weighted by Crippen LogP contribution is 2.23. The number of nitrogens with one attached hydrogen (secondary N) is 2. The number of benzene rings is 1. The van der Waals surface area contributed by atoms with E-state index < -0.39 is 17.8 Å². The summed E-state index contributed by atoms with van der Waals surface area (Å²) in [5.74, 6) is -0.530. The van der Waals surface area contributed by atoms with Crippen molar-refractivity contribution in [2.75, 3.05) is 11.1 Å². The van der Waals surface area contributed by atoms with Gasteiger partial charge in [0, 0.05) is 13.0 Å². The lowest BCUT2D eigenvalue weighted by Gasteiger charge is -2.14. The Morgan fingerprint density at radius 1 is 1.16 bits per heavy atom. The number of aromatic nitrogens is 5. The average molecular weight is 464 g/mol. The topological polar surface area (TPSA) is 115 Å². The second kappa shape index (κ2) is 9.96. The SMILES string of the molecule is CC(C)c1nnc(NC(=O)CSc2nnc(C(C)NC(=O)c3ccccc3F)n2C)s1. The van der Waals surface area contributed by atoms with Gasteiger partial charge in [0.2, 0.25) is 11.0 Å². The molecule has 1 atom stereocenters. The number of thioether (sulfide) groups is 1. The van der Waals surface area contributed by atoms with Gasteiger partial charge in [0.1, 0.15) is 10.8 Å². The van der Waals surface area contributed by atoms with E-state index in [0.717, 1.165) is 5.01 Å². The van der Waals surface area contributed by atoms with Gasteiger partial charge < -0.3 is 9.88 Å². The predicted octanol–water partition coefficient (Wildman–Crippen LogP) is 3.15. The molecule has 0 aliphatic carbocycles. The van der Waals surface area contributed by atoms with Gasteiger partial charge >= 0.3 is 0 Å². The van der Waals surface area contributed by atoms with Crippen molar-refractivity contribution >= 4 is 40.0 Å². The molecule has 0 bridgehead atoms. The summed E-state index contributed by atoms with van der Waals surface area (Å²) in [6, 6.07) is 5.24. The zero-order chi connectivity index (χ0) is 22.5. The van der Waals surface area contributed by atoms with Crippen LogP contribution in [0, 0.1) is 5.82 Å². The van der Waals surface area contributed by atoms with E-state index in [0.29, 0.717) is 16.1 Å². The Balaban J connectivity index is 1.57. The molecule has 2 aromatic heterocycles. The molecule has 0 saturated carbocycles. The van der Waals surface area contributed by atoms with Gasteiger partial charge in [-0.2, -0.15) is 0 Å². The van der Waals surface area contributed by atoms with Gasteiger partial charge in [0.15, 0.2) is 11.0 Å². The van der Waals surface area contributed by atoms with Crippen LogP contribution in [0.1, 0.15) is 53.9 Å². The third-order valence-corrected chi connectivity index (χ3v) is 6.39. The molecule has 3 rings (SSSR count). The van der Waals surface area contributed by atoms with E-state index in [-0.39, 0.29) is 23.1 Å². The molecule has 31 heavy (non-hydrogen) atoms. The largest absolute Gasteiger partial charge is 0.342 e. The number of halogens is 1. The normalized spacial score (nSPS) is 12.1. The second-order valence-corrected chi connectivity index (χ2v) is 8.96. The summed E-state index contributed by atoms with van der Waals surface area (Å²) in [5, 5.41) is 23.4. The number of hydrogen-bond donors (Lipinski definition) is 2. The molecular weight excluding hydrogens is 441 g/mol. The van der Waals surface area contributed by atoms with Crippen molar-refractivity contribution in [3.8, 4) is 0 Å². The van der Waals surface area contributed by atoms with E-state index >= 15 is 0 Å². The second-order valence-electron chi connectivity index (χ2n) is 7.01. The minimum atomic E-state index is -0.594. The fourth-order valence-electron chi connectivity index (χ4n) is 2.62. The number of carbonyl (C=O) groups excluding carboxylic acids is 2. The van der Waals surface area contributed by atoms with Crippen LogP contribution in [0.25, 0.3) is 0 Å². The van der Waals surface area contributed by atoms with Gasteiger partial charge in [-0.25, -0.2) is 4.39 Å². The Bertz CT molecular complexity index is 1080. The monoisotopic (exact) mass is 463 g/mol. The van der Waals surface area contributed by atoms with Gasteiger partial charge in [-0.05, 0) is 19.1 Å². The maximum Gasteiger partial charge on any atom is 0.254 e. The molecule has 0 saturated heterocycles. The van der Waals surface area contributed by atoms with Gasteiger partial charge in [-0.3, -0.25) is 14.9 Å². The lowest BCUT2D eigenvalue weighted by atomic mass is 10.2. The van der Waals surface area contributed by atoms with E-state index in [4.69, 9.17) is 0 Å². The van der Waals surface area contributed by atoms with Crippen LogP contribution in [-0.4, -0.2) is 42.5 Å². The van der Waals surface area contributed by atoms with Crippen molar-refractivity contribution in [2.24, 2.45) is 7.05 Å². The van der Waals surface area contributed by atoms with Gasteiger partial charge in [0.25, 0.3) is 5.91 Å². The number of nitrogens with zero attached hydrogens (tertiary/aromatic N) is 5. The molecule has 1 aromatic carbocycles. The molecule has 2 heterocycles. The summed E-state index contributed by atoms with van der Waals surface area (Å²) < 4.78 is 15.5. The van der Waals surface area contributed by atoms with Crippen molar-refractivity contribution in [1.82, 2.24) is 30.3 Å². The molecule has 1 unspecified atom stereocenters. The molecule has 2 amide bonds. The molecule has 0 aliphatic rings. The maximum atomic E-state index is 13.8. The maximum absolute atomic E-state index is 13.8. The Hall–Kier alpha value is -2.86. The molecule has 0 aliphatic heterocycles. The van der Waals surface area contributed by atoms with E-state index in [9.17, 15) is 14.0 Å². The van der Waals surface area contributed by atoms with E-state index in [2.05, 4.69) is 31.0 Å². The lowest BCUT2D eigenvalue weighted by molar-refractivity contribution is -0.113. The molecule has 0 fully saturated rings. The van der Waals surface area contributed by atoms with Gasteiger partial charge in [-0.1, -0.05) is 49.1 Å². The highest BCUT2D eigenvalue weighted by molar-refractivity contribution is 7.99. The van der Waals surface area contributed by atoms with E-state index in [1.807, 2.05) is 13.8 Å². The summed E-state index contributed by atoms with van der Waals surface area (Å²) in [6.07, 6.45) is 0. The summed E-state index contributed by atoms with van der Waals surface area (Å²) in [6.45, 7) is 5.74. The Morgan fingerprint density at radius 2 is 1.90 bits per heavy atom. The quantitative estimate of drug-likeness (QED) is 0.493. The first-order valence-electron chi connectivity index (χ1n) is 9.47. The van der Waals surface area contributed by atoms with Crippen molar-refractivity contribution in [3.63, 3.8) is 0 Å². The standard InChI is InChI=1S/C19H22FN7O2S2/c1-10(2)17-24-25-18(31-17)22-14(28)9-30-19-26-23-15(27(19)4)11(3)21-16(29)12-7-5-6-8-13(12)20/h5-8,10-11H,9H2,1-4H3,(H,21,29)(H,22,25,28). The minimum Gasteiger partial charge on any atom is -0.342 e. The first-order valence-corrected chi connectivity index (χ1v) is 11.3. The summed E-state index contributed by atoms with van der Waals surface area (Å²) in [7, 11) is 1.74. The highest BCUT2D eigenvalue weighted by atomic mass is 32.2. The summed E-state index contributed by atoms with van der Waals surface area (Å²) >= 11 is 2.55. The first kappa shape index (κ1) is 22.8. The number of anilines is 1. The van der Waals surface area contributed by atoms with Crippen molar-refractivity contribution in [2.45, 2.75) is 37.9 Å². The fraction of sp³-hybridized carbons (Fsp3) is 0.368. The smallest absolute Gasteiger partial charge is 0.254 e. The van der Waals surface area contributed by atoms with Crippen LogP contribution in [-0.2, 0) is 11.8 Å². The minimum absolute atomic E-state index is 0.0416. The van der Waals surface area contributed by atoms with E-state index in [1.165, 1.54) is 41.3 Å². The molecule has 9 nitrogen and oxygen atoms in total. The van der Waals surface area contributed by atoms with Crippen molar-refractivity contribution in [3.05, 3.63) is 46.5 Å². The van der Waals surface area contributed by atoms with Crippen LogP contribution < -0.4 is 10.6 Å². The zero-order valence-corrected chi connectivity index (χ0v) is 19.1. The van der Waals surface area contributed by atoms with Gasteiger partial charge in [0.05, 0.1) is 17.4 Å². The summed E-state index contributed by atoms with van der Waals surface area (Å²) in [4.78, 5) is 24.5. The summed E-state index contributed by atoms with van der Waals surface area (Å²) in [5.41, 5.74) is -0.0416. The molecule has 0 spiro atoms. The number of amides is 2. The van der Waals surface area contributed by atoms with E-state index in [1.54, 1.807) is 24.6 Å². The van der Waals surface area contributed by atoms with Crippen LogP contribution in [0.3, 0.4) is 0 Å².